The highest BCUT2D eigenvalue weighted by atomic mass is 28.3. The molecule has 3 heteroatoms. The topological polar surface area (TPSA) is 29.5 Å². The SMILES string of the molecule is COc1ccc(/C=C/C(=C/CCO)[Si](C)(C)C)cc1. The van der Waals surface area contributed by atoms with Crippen LogP contribution in [0.3, 0.4) is 0 Å². The largest absolute Gasteiger partial charge is 0.497 e. The van der Waals surface area contributed by atoms with Gasteiger partial charge in [0.25, 0.3) is 0 Å². The van der Waals surface area contributed by atoms with Gasteiger partial charge in [0.2, 0.25) is 0 Å². The summed E-state index contributed by atoms with van der Waals surface area (Å²) in [6.07, 6.45) is 7.20. The van der Waals surface area contributed by atoms with Gasteiger partial charge in [-0.05, 0) is 24.1 Å². The second kappa shape index (κ2) is 7.31. The summed E-state index contributed by atoms with van der Waals surface area (Å²) in [4.78, 5) is 0. The smallest absolute Gasteiger partial charge is 0.118 e. The van der Waals surface area contributed by atoms with Crippen molar-refractivity contribution in [2.24, 2.45) is 0 Å². The molecule has 1 aromatic rings. The van der Waals surface area contributed by atoms with Gasteiger partial charge in [-0.25, -0.2) is 0 Å². The third-order valence-corrected chi connectivity index (χ3v) is 5.03. The van der Waals surface area contributed by atoms with E-state index in [4.69, 9.17) is 9.84 Å². The Morgan fingerprint density at radius 3 is 2.32 bits per heavy atom. The number of allylic oxidation sites excluding steroid dienone is 2. The van der Waals surface area contributed by atoms with Gasteiger partial charge in [0.05, 0.1) is 15.2 Å². The molecule has 0 aliphatic carbocycles. The van der Waals surface area contributed by atoms with E-state index in [1.165, 1.54) is 5.20 Å². The summed E-state index contributed by atoms with van der Waals surface area (Å²) in [5.41, 5.74) is 1.16. The molecule has 0 unspecified atom stereocenters. The molecule has 0 atom stereocenters. The van der Waals surface area contributed by atoms with E-state index in [9.17, 15) is 0 Å². The van der Waals surface area contributed by atoms with Gasteiger partial charge in [-0.3, -0.25) is 0 Å². The van der Waals surface area contributed by atoms with E-state index in [-0.39, 0.29) is 6.61 Å². The van der Waals surface area contributed by atoms with Crippen molar-refractivity contribution in [3.8, 4) is 5.75 Å². The van der Waals surface area contributed by atoms with Crippen molar-refractivity contribution < 1.29 is 9.84 Å². The van der Waals surface area contributed by atoms with Crippen LogP contribution in [0.15, 0.2) is 41.6 Å². The number of ether oxygens (including phenoxy) is 1. The number of hydrogen-bond acceptors (Lipinski definition) is 2. The number of aliphatic hydroxyl groups excluding tert-OH is 1. The Bertz CT molecular complexity index is 439. The molecule has 2 nitrogen and oxygen atoms in total. The van der Waals surface area contributed by atoms with Crippen LogP contribution in [0.2, 0.25) is 19.6 Å². The molecule has 0 spiro atoms. The molecule has 19 heavy (non-hydrogen) atoms. The van der Waals surface area contributed by atoms with E-state index in [1.54, 1.807) is 7.11 Å². The molecule has 0 fully saturated rings. The summed E-state index contributed by atoms with van der Waals surface area (Å²) >= 11 is 0. The predicted molar refractivity (Wildman–Crippen MR) is 85.2 cm³/mol. The van der Waals surface area contributed by atoms with Crippen molar-refractivity contribution in [2.45, 2.75) is 26.1 Å². The Morgan fingerprint density at radius 2 is 1.84 bits per heavy atom. The zero-order chi connectivity index (χ0) is 14.3. The van der Waals surface area contributed by atoms with Crippen LogP contribution in [-0.4, -0.2) is 26.9 Å². The molecule has 0 radical (unpaired) electrons. The number of benzene rings is 1. The third-order valence-electron chi connectivity index (χ3n) is 2.93. The van der Waals surface area contributed by atoms with Crippen molar-refractivity contribution in [1.82, 2.24) is 0 Å². The molecule has 104 valence electrons. The quantitative estimate of drug-likeness (QED) is 0.631. The first-order valence-electron chi connectivity index (χ1n) is 6.61. The average molecular weight is 276 g/mol. The standard InChI is InChI=1S/C16H24O2Si/c1-18-15-10-7-14(8-11-15)9-12-16(6-5-13-17)19(2,3)4/h6-12,17H,5,13H2,1-4H3/b12-9+,16-6-. The van der Waals surface area contributed by atoms with Gasteiger partial charge in [-0.2, -0.15) is 0 Å². The van der Waals surface area contributed by atoms with E-state index in [2.05, 4.69) is 37.9 Å². The first kappa shape index (κ1) is 15.7. The molecule has 0 aliphatic heterocycles. The molecule has 0 saturated carbocycles. The lowest BCUT2D eigenvalue weighted by molar-refractivity contribution is 0.302. The number of rotatable bonds is 6. The maximum atomic E-state index is 8.96. The van der Waals surface area contributed by atoms with E-state index < -0.39 is 8.07 Å². The molecule has 1 aromatic carbocycles. The molecule has 0 aromatic heterocycles. The van der Waals surface area contributed by atoms with Crippen molar-refractivity contribution in [2.75, 3.05) is 13.7 Å². The van der Waals surface area contributed by atoms with E-state index in [0.29, 0.717) is 0 Å². The first-order chi connectivity index (χ1) is 8.97. The highest BCUT2D eigenvalue weighted by Crippen LogP contribution is 2.19. The van der Waals surface area contributed by atoms with Crippen molar-refractivity contribution in [1.29, 1.82) is 0 Å². The average Bonchev–Trinajstić information content (AvgIpc) is 2.38. The monoisotopic (exact) mass is 276 g/mol. The molecule has 0 amide bonds. The van der Waals surface area contributed by atoms with Gasteiger partial charge in [0.15, 0.2) is 0 Å². The van der Waals surface area contributed by atoms with Crippen LogP contribution in [0.4, 0.5) is 0 Å². The van der Waals surface area contributed by atoms with E-state index in [0.717, 1.165) is 17.7 Å². The van der Waals surface area contributed by atoms with Crippen LogP contribution in [0.1, 0.15) is 12.0 Å². The van der Waals surface area contributed by atoms with Crippen LogP contribution in [0.5, 0.6) is 5.75 Å². The Hall–Kier alpha value is -1.32. The second-order valence-corrected chi connectivity index (χ2v) is 10.6. The molecule has 1 N–H and O–H groups in total. The number of aliphatic hydroxyl groups is 1. The molecule has 0 bridgehead atoms. The van der Waals surface area contributed by atoms with Crippen LogP contribution >= 0.6 is 0 Å². The second-order valence-electron chi connectivity index (χ2n) is 5.53. The zero-order valence-electron chi connectivity index (χ0n) is 12.3. The predicted octanol–water partition coefficient (Wildman–Crippen LogP) is 3.89. The van der Waals surface area contributed by atoms with Gasteiger partial charge in [0, 0.05) is 6.61 Å². The highest BCUT2D eigenvalue weighted by molar-refractivity contribution is 6.83. The molecule has 0 aliphatic rings. The Labute approximate surface area is 117 Å². The van der Waals surface area contributed by atoms with Gasteiger partial charge in [-0.1, -0.05) is 55.2 Å². The Kier molecular flexibility index (Phi) is 6.05. The molecular formula is C16H24O2Si. The normalized spacial score (nSPS) is 13.0. The summed E-state index contributed by atoms with van der Waals surface area (Å²) in [5, 5.41) is 10.3. The lowest BCUT2D eigenvalue weighted by Gasteiger charge is -2.18. The molecular weight excluding hydrogens is 252 g/mol. The highest BCUT2D eigenvalue weighted by Gasteiger charge is 2.16. The van der Waals surface area contributed by atoms with Gasteiger partial charge < -0.3 is 9.84 Å². The minimum atomic E-state index is -1.36. The fraction of sp³-hybridized carbons (Fsp3) is 0.375. The lowest BCUT2D eigenvalue weighted by Crippen LogP contribution is -2.22. The van der Waals surface area contributed by atoms with E-state index in [1.807, 2.05) is 24.3 Å². The third kappa shape index (κ3) is 5.45. The fourth-order valence-electron chi connectivity index (χ4n) is 1.75. The zero-order valence-corrected chi connectivity index (χ0v) is 13.3. The molecule has 0 saturated heterocycles. The minimum Gasteiger partial charge on any atom is -0.497 e. The van der Waals surface area contributed by atoms with Gasteiger partial charge in [-0.15, -0.1) is 0 Å². The Morgan fingerprint density at radius 1 is 1.21 bits per heavy atom. The Balaban J connectivity index is 2.85. The summed E-state index contributed by atoms with van der Waals surface area (Å²) in [7, 11) is 0.315. The van der Waals surface area contributed by atoms with Crippen LogP contribution in [0, 0.1) is 0 Å². The maximum Gasteiger partial charge on any atom is 0.118 e. The van der Waals surface area contributed by atoms with Crippen LogP contribution in [-0.2, 0) is 0 Å². The van der Waals surface area contributed by atoms with E-state index >= 15 is 0 Å². The van der Waals surface area contributed by atoms with Crippen molar-refractivity contribution in [3.05, 3.63) is 47.2 Å². The first-order valence-corrected chi connectivity index (χ1v) is 10.1. The fourth-order valence-corrected chi connectivity index (χ4v) is 3.09. The number of hydrogen-bond donors (Lipinski definition) is 1. The lowest BCUT2D eigenvalue weighted by atomic mass is 10.2. The van der Waals surface area contributed by atoms with Gasteiger partial charge in [0.1, 0.15) is 5.75 Å². The van der Waals surface area contributed by atoms with Crippen LogP contribution in [0.25, 0.3) is 6.08 Å². The van der Waals surface area contributed by atoms with Crippen LogP contribution < -0.4 is 4.74 Å². The summed E-state index contributed by atoms with van der Waals surface area (Å²) in [6, 6.07) is 8.02. The summed E-state index contributed by atoms with van der Waals surface area (Å²) in [6.45, 7) is 7.15. The maximum absolute atomic E-state index is 8.96. The molecule has 0 heterocycles. The minimum absolute atomic E-state index is 0.213. The summed E-state index contributed by atoms with van der Waals surface area (Å²) < 4.78 is 5.15. The van der Waals surface area contributed by atoms with Crippen molar-refractivity contribution in [3.63, 3.8) is 0 Å². The van der Waals surface area contributed by atoms with Gasteiger partial charge >= 0.3 is 0 Å². The summed E-state index contributed by atoms with van der Waals surface area (Å²) in [5.74, 6) is 0.874. The van der Waals surface area contributed by atoms with Crippen molar-refractivity contribution >= 4 is 14.1 Å². The molecule has 1 rings (SSSR count). The number of methoxy groups -OCH3 is 1.